The number of nitrogens with one attached hydrogen (secondary N) is 1. The minimum Gasteiger partial charge on any atom is -0.368 e. The molecule has 3 heterocycles. The summed E-state index contributed by atoms with van der Waals surface area (Å²) in [6.07, 6.45) is 7.15. The second kappa shape index (κ2) is 7.34. The zero-order valence-electron chi connectivity index (χ0n) is 15.0. The molecular weight excluding hydrogens is 344 g/mol. The summed E-state index contributed by atoms with van der Waals surface area (Å²) >= 11 is 0. The molecule has 7 heteroatoms. The summed E-state index contributed by atoms with van der Waals surface area (Å²) in [7, 11) is 0. The number of nitro benzene ring substituents is 1. The molecule has 1 N–H and O–H groups in total. The lowest BCUT2D eigenvalue weighted by Crippen LogP contribution is -2.53. The smallest absolute Gasteiger partial charge is 0.269 e. The minimum absolute atomic E-state index is 0.00732. The van der Waals surface area contributed by atoms with E-state index in [-0.39, 0.29) is 28.5 Å². The van der Waals surface area contributed by atoms with Gasteiger partial charge in [-0.3, -0.25) is 19.9 Å². The van der Waals surface area contributed by atoms with Crippen LogP contribution in [0.2, 0.25) is 0 Å². The number of pyridine rings is 1. The van der Waals surface area contributed by atoms with Crippen LogP contribution in [-0.4, -0.2) is 28.4 Å². The van der Waals surface area contributed by atoms with Gasteiger partial charge in [0.05, 0.1) is 10.8 Å². The highest BCUT2D eigenvalue weighted by Crippen LogP contribution is 2.39. The van der Waals surface area contributed by atoms with Crippen molar-refractivity contribution in [1.29, 1.82) is 0 Å². The van der Waals surface area contributed by atoms with Crippen LogP contribution in [0.25, 0.3) is 0 Å². The average molecular weight is 366 g/mol. The number of rotatable bonds is 4. The van der Waals surface area contributed by atoms with Crippen molar-refractivity contribution in [1.82, 2.24) is 10.3 Å². The van der Waals surface area contributed by atoms with Crippen LogP contribution in [0.5, 0.6) is 0 Å². The lowest BCUT2D eigenvalue weighted by Gasteiger charge is -2.45. The summed E-state index contributed by atoms with van der Waals surface area (Å²) in [5.74, 6) is -0.190. The van der Waals surface area contributed by atoms with E-state index in [0.29, 0.717) is 13.0 Å². The second-order valence-corrected chi connectivity index (χ2v) is 7.22. The van der Waals surface area contributed by atoms with Gasteiger partial charge < -0.3 is 10.2 Å². The number of carbonyl (C=O) groups is 1. The number of non-ortho nitro benzene ring substituents is 1. The van der Waals surface area contributed by atoms with Gasteiger partial charge in [0.25, 0.3) is 5.69 Å². The van der Waals surface area contributed by atoms with Crippen molar-refractivity contribution < 1.29 is 9.72 Å². The molecule has 1 saturated heterocycles. The normalized spacial score (nSPS) is 21.1. The van der Waals surface area contributed by atoms with Gasteiger partial charge in [-0.25, -0.2) is 0 Å². The number of nitro groups is 1. The SMILES string of the molecule is O=C(NCc1cccnc1)[C@@H]1Cc2cc([N+](=O)[O-])ccc2N2CCCC[C@@H]12. The molecular formula is C20H22N4O3. The van der Waals surface area contributed by atoms with Gasteiger partial charge in [0.2, 0.25) is 5.91 Å². The topological polar surface area (TPSA) is 88.4 Å². The summed E-state index contributed by atoms with van der Waals surface area (Å²) in [6, 6.07) is 8.96. The first-order valence-corrected chi connectivity index (χ1v) is 9.34. The molecule has 0 bridgehead atoms. The van der Waals surface area contributed by atoms with E-state index in [0.717, 1.165) is 42.6 Å². The monoisotopic (exact) mass is 366 g/mol. The number of carbonyl (C=O) groups excluding carboxylic acids is 1. The number of fused-ring (bicyclic) bond motifs is 3. The fraction of sp³-hybridized carbons (Fsp3) is 0.400. The molecule has 1 aromatic heterocycles. The molecule has 1 aromatic carbocycles. The number of aromatic nitrogens is 1. The Morgan fingerprint density at radius 2 is 2.22 bits per heavy atom. The van der Waals surface area contributed by atoms with E-state index in [4.69, 9.17) is 0 Å². The number of benzene rings is 1. The van der Waals surface area contributed by atoms with E-state index in [1.165, 1.54) is 0 Å². The van der Waals surface area contributed by atoms with Crippen molar-refractivity contribution in [3.8, 4) is 0 Å². The molecule has 7 nitrogen and oxygen atoms in total. The quantitative estimate of drug-likeness (QED) is 0.664. The molecule has 0 aliphatic carbocycles. The van der Waals surface area contributed by atoms with Gasteiger partial charge in [-0.15, -0.1) is 0 Å². The fourth-order valence-corrected chi connectivity index (χ4v) is 4.27. The molecule has 1 fully saturated rings. The predicted molar refractivity (Wildman–Crippen MR) is 101 cm³/mol. The van der Waals surface area contributed by atoms with Crippen LogP contribution in [0.3, 0.4) is 0 Å². The number of piperidine rings is 1. The highest BCUT2D eigenvalue weighted by Gasteiger charge is 2.39. The Bertz CT molecular complexity index is 856. The molecule has 2 atom stereocenters. The number of amides is 1. The Labute approximate surface area is 157 Å². The van der Waals surface area contributed by atoms with Crippen LogP contribution in [0, 0.1) is 16.0 Å². The summed E-state index contributed by atoms with van der Waals surface area (Å²) in [5.41, 5.74) is 2.97. The van der Waals surface area contributed by atoms with E-state index < -0.39 is 0 Å². The second-order valence-electron chi connectivity index (χ2n) is 7.22. The van der Waals surface area contributed by atoms with E-state index in [2.05, 4.69) is 15.2 Å². The van der Waals surface area contributed by atoms with Gasteiger partial charge in [0.15, 0.2) is 0 Å². The number of hydrogen-bond acceptors (Lipinski definition) is 5. The van der Waals surface area contributed by atoms with Crippen molar-refractivity contribution in [2.24, 2.45) is 5.92 Å². The van der Waals surface area contributed by atoms with Crippen LogP contribution in [0.15, 0.2) is 42.7 Å². The maximum atomic E-state index is 13.0. The van der Waals surface area contributed by atoms with E-state index in [9.17, 15) is 14.9 Å². The van der Waals surface area contributed by atoms with Crippen LogP contribution in [-0.2, 0) is 17.8 Å². The molecule has 0 spiro atoms. The maximum Gasteiger partial charge on any atom is 0.269 e. The summed E-state index contributed by atoms with van der Waals surface area (Å²) in [6.45, 7) is 1.33. The lowest BCUT2D eigenvalue weighted by molar-refractivity contribution is -0.384. The Hall–Kier alpha value is -2.96. The molecule has 0 radical (unpaired) electrons. The van der Waals surface area contributed by atoms with Gasteiger partial charge >= 0.3 is 0 Å². The van der Waals surface area contributed by atoms with E-state index in [1.54, 1.807) is 24.5 Å². The van der Waals surface area contributed by atoms with Crippen LogP contribution >= 0.6 is 0 Å². The predicted octanol–water partition coefficient (Wildman–Crippen LogP) is 2.84. The third-order valence-electron chi connectivity index (χ3n) is 5.56. The largest absolute Gasteiger partial charge is 0.368 e. The number of anilines is 1. The molecule has 2 aromatic rings. The van der Waals surface area contributed by atoms with Crippen molar-refractivity contribution >= 4 is 17.3 Å². The Morgan fingerprint density at radius 1 is 1.33 bits per heavy atom. The van der Waals surface area contributed by atoms with Gasteiger partial charge in [-0.2, -0.15) is 0 Å². The van der Waals surface area contributed by atoms with Crippen LogP contribution < -0.4 is 10.2 Å². The third kappa shape index (κ3) is 3.49. The maximum absolute atomic E-state index is 13.0. The van der Waals surface area contributed by atoms with Crippen molar-refractivity contribution in [2.45, 2.75) is 38.3 Å². The Morgan fingerprint density at radius 3 is 3.00 bits per heavy atom. The molecule has 27 heavy (non-hydrogen) atoms. The van der Waals surface area contributed by atoms with Gasteiger partial charge in [-0.1, -0.05) is 6.07 Å². The van der Waals surface area contributed by atoms with E-state index >= 15 is 0 Å². The Balaban J connectivity index is 1.57. The fourth-order valence-electron chi connectivity index (χ4n) is 4.27. The highest BCUT2D eigenvalue weighted by molar-refractivity contribution is 5.82. The molecule has 0 unspecified atom stereocenters. The van der Waals surface area contributed by atoms with Crippen molar-refractivity contribution in [3.63, 3.8) is 0 Å². The molecule has 4 rings (SSSR count). The third-order valence-corrected chi connectivity index (χ3v) is 5.56. The highest BCUT2D eigenvalue weighted by atomic mass is 16.6. The van der Waals surface area contributed by atoms with Crippen molar-refractivity contribution in [3.05, 3.63) is 64.0 Å². The molecule has 1 amide bonds. The lowest BCUT2D eigenvalue weighted by atomic mass is 9.80. The number of nitrogens with zero attached hydrogens (tertiary/aromatic N) is 3. The molecule has 0 saturated carbocycles. The van der Waals surface area contributed by atoms with Crippen LogP contribution in [0.4, 0.5) is 11.4 Å². The van der Waals surface area contributed by atoms with Gasteiger partial charge in [-0.05, 0) is 48.9 Å². The molecule has 140 valence electrons. The first-order chi connectivity index (χ1) is 13.1. The summed E-state index contributed by atoms with van der Waals surface area (Å²) in [4.78, 5) is 30.1. The van der Waals surface area contributed by atoms with Crippen molar-refractivity contribution in [2.75, 3.05) is 11.4 Å². The summed E-state index contributed by atoms with van der Waals surface area (Å²) in [5, 5.41) is 14.2. The number of hydrogen-bond donors (Lipinski definition) is 1. The first-order valence-electron chi connectivity index (χ1n) is 9.34. The van der Waals surface area contributed by atoms with Crippen LogP contribution in [0.1, 0.15) is 30.4 Å². The zero-order chi connectivity index (χ0) is 18.8. The summed E-state index contributed by atoms with van der Waals surface area (Å²) < 4.78 is 0. The van der Waals surface area contributed by atoms with E-state index in [1.807, 2.05) is 18.2 Å². The minimum atomic E-state index is -0.375. The average Bonchev–Trinajstić information content (AvgIpc) is 2.71. The standard InChI is InChI=1S/C20H22N4O3/c25-20(22-13-14-4-3-8-21-12-14)17-11-15-10-16(24(26)27)6-7-18(15)23-9-2-1-5-19(17)23/h3-4,6-8,10,12,17,19H,1-2,5,9,11,13H2,(H,22,25)/t17-,19+/m1/s1. The molecule has 2 aliphatic heterocycles. The van der Waals surface area contributed by atoms with Gasteiger partial charge in [0, 0.05) is 49.3 Å². The first kappa shape index (κ1) is 17.5. The molecule has 2 aliphatic rings. The zero-order valence-corrected chi connectivity index (χ0v) is 15.0. The Kier molecular flexibility index (Phi) is 4.75. The van der Waals surface area contributed by atoms with Gasteiger partial charge in [0.1, 0.15) is 0 Å².